The number of rotatable bonds is 10. The van der Waals surface area contributed by atoms with Crippen LogP contribution < -0.4 is 4.43 Å². The molecule has 0 heterocycles. The van der Waals surface area contributed by atoms with Crippen molar-refractivity contribution < 1.29 is 13.3 Å². The van der Waals surface area contributed by atoms with Gasteiger partial charge in [0.1, 0.15) is 5.75 Å². The van der Waals surface area contributed by atoms with E-state index in [1.807, 2.05) is 30.3 Å². The van der Waals surface area contributed by atoms with Crippen molar-refractivity contribution in [2.24, 2.45) is 0 Å². The second-order valence-corrected chi connectivity index (χ2v) is 7.43. The number of benzene rings is 1. The van der Waals surface area contributed by atoms with E-state index >= 15 is 0 Å². The summed E-state index contributed by atoms with van der Waals surface area (Å²) < 4.78 is 17.1. The normalized spacial score (nSPS) is 11.5. The molecule has 0 radical (unpaired) electrons. The summed E-state index contributed by atoms with van der Waals surface area (Å²) in [6.45, 7) is 5.37. The second-order valence-electron chi connectivity index (χ2n) is 4.30. The van der Waals surface area contributed by atoms with Crippen LogP contribution in [0.4, 0.5) is 0 Å². The molecule has 0 atom stereocenters. The molecular weight excluding hydrogens is 280 g/mol. The molecule has 0 aliphatic rings. The number of hydrogen-bond donors (Lipinski definition) is 0. The van der Waals surface area contributed by atoms with Gasteiger partial charge >= 0.3 is 8.11 Å². The number of unbranched alkanes of at least 4 members (excludes halogenated alkanes) is 2. The van der Waals surface area contributed by atoms with Crippen LogP contribution in [-0.4, -0.2) is 21.3 Å². The Morgan fingerprint density at radius 1 is 0.947 bits per heavy atom. The first-order chi connectivity index (χ1) is 9.20. The van der Waals surface area contributed by atoms with Crippen molar-refractivity contribution in [2.75, 3.05) is 13.2 Å². The summed E-state index contributed by atoms with van der Waals surface area (Å²) in [6.07, 6.45) is 4.02. The van der Waals surface area contributed by atoms with Crippen LogP contribution in [0.1, 0.15) is 39.5 Å². The fraction of sp³-hybridized carbons (Fsp3) is 0.571. The molecule has 1 aromatic carbocycles. The molecule has 0 amide bonds. The molecule has 3 nitrogen and oxygen atoms in total. The van der Waals surface area contributed by atoms with E-state index in [-0.39, 0.29) is 0 Å². The summed E-state index contributed by atoms with van der Waals surface area (Å²) in [5.41, 5.74) is 0. The molecule has 0 saturated carbocycles. The summed E-state index contributed by atoms with van der Waals surface area (Å²) in [6, 6.07) is 9.45. The third kappa shape index (κ3) is 6.97. The van der Waals surface area contributed by atoms with Gasteiger partial charge in [-0.05, 0) is 25.0 Å². The van der Waals surface area contributed by atoms with Crippen molar-refractivity contribution >= 4 is 19.2 Å². The molecule has 0 fully saturated rings. The van der Waals surface area contributed by atoms with Gasteiger partial charge in [-0.15, -0.1) is 0 Å². The third-order valence-electron chi connectivity index (χ3n) is 2.53. The second kappa shape index (κ2) is 9.37. The highest BCUT2D eigenvalue weighted by atomic mass is 35.6. The highest BCUT2D eigenvalue weighted by Crippen LogP contribution is 2.21. The predicted molar refractivity (Wildman–Crippen MR) is 80.4 cm³/mol. The lowest BCUT2D eigenvalue weighted by Crippen LogP contribution is -2.44. The van der Waals surface area contributed by atoms with Gasteiger partial charge in [-0.3, -0.25) is 0 Å². The molecule has 0 aliphatic heterocycles. The van der Waals surface area contributed by atoms with E-state index in [4.69, 9.17) is 24.4 Å². The molecule has 5 heteroatoms. The number of halogens is 1. The standard InChI is InChI=1S/C14H23ClO3Si/c1-3-5-12-16-19(15,17-13-6-4-2)18-14-10-8-7-9-11-14/h7-11H,3-6,12-13H2,1-2H3. The van der Waals surface area contributed by atoms with Crippen molar-refractivity contribution in [2.45, 2.75) is 39.5 Å². The first kappa shape index (κ1) is 16.5. The van der Waals surface area contributed by atoms with E-state index in [9.17, 15) is 0 Å². The summed E-state index contributed by atoms with van der Waals surface area (Å²) in [5.74, 6) is 0.692. The SMILES string of the molecule is CCCCO[Si](Cl)(OCCCC)Oc1ccccc1. The minimum Gasteiger partial charge on any atom is -0.490 e. The quantitative estimate of drug-likeness (QED) is 0.365. The van der Waals surface area contributed by atoms with Gasteiger partial charge in [0.25, 0.3) is 0 Å². The molecule has 0 aliphatic carbocycles. The minimum absolute atomic E-state index is 0.575. The van der Waals surface area contributed by atoms with E-state index in [1.165, 1.54) is 0 Å². The number of para-hydroxylation sites is 1. The van der Waals surface area contributed by atoms with Gasteiger partial charge in [0, 0.05) is 13.2 Å². The van der Waals surface area contributed by atoms with Crippen molar-refractivity contribution in [1.82, 2.24) is 0 Å². The molecule has 0 saturated heterocycles. The van der Waals surface area contributed by atoms with Crippen LogP contribution in [0.3, 0.4) is 0 Å². The van der Waals surface area contributed by atoms with Crippen molar-refractivity contribution in [3.8, 4) is 5.75 Å². The van der Waals surface area contributed by atoms with Crippen LogP contribution >= 0.6 is 11.1 Å². The van der Waals surface area contributed by atoms with Gasteiger partial charge in [-0.1, -0.05) is 56.0 Å². The van der Waals surface area contributed by atoms with Crippen LogP contribution in [-0.2, 0) is 8.85 Å². The molecule has 1 rings (SSSR count). The molecular formula is C14H23ClO3Si. The van der Waals surface area contributed by atoms with Gasteiger partial charge in [0.05, 0.1) is 0 Å². The van der Waals surface area contributed by atoms with Gasteiger partial charge in [0.2, 0.25) is 0 Å². The number of hydrogen-bond acceptors (Lipinski definition) is 3. The molecule has 0 N–H and O–H groups in total. The Morgan fingerprint density at radius 3 is 1.95 bits per heavy atom. The monoisotopic (exact) mass is 302 g/mol. The zero-order valence-electron chi connectivity index (χ0n) is 11.7. The van der Waals surface area contributed by atoms with Crippen LogP contribution in [0, 0.1) is 0 Å². The summed E-state index contributed by atoms with van der Waals surface area (Å²) in [7, 11) is -3.09. The van der Waals surface area contributed by atoms with Crippen molar-refractivity contribution in [3.63, 3.8) is 0 Å². The lowest BCUT2D eigenvalue weighted by molar-refractivity contribution is 0.125. The van der Waals surface area contributed by atoms with Crippen LogP contribution in [0.15, 0.2) is 30.3 Å². The van der Waals surface area contributed by atoms with E-state index in [1.54, 1.807) is 0 Å². The van der Waals surface area contributed by atoms with Crippen molar-refractivity contribution in [3.05, 3.63) is 30.3 Å². The predicted octanol–water partition coefficient (Wildman–Crippen LogP) is 4.37. The highest BCUT2D eigenvalue weighted by Gasteiger charge is 2.42. The average Bonchev–Trinajstić information content (AvgIpc) is 2.40. The zero-order chi connectivity index (χ0) is 14.0. The first-order valence-corrected chi connectivity index (χ1v) is 9.64. The van der Waals surface area contributed by atoms with Gasteiger partial charge in [-0.25, -0.2) is 0 Å². The zero-order valence-corrected chi connectivity index (χ0v) is 13.5. The maximum atomic E-state index is 6.42. The molecule has 1 aromatic rings. The Morgan fingerprint density at radius 2 is 1.47 bits per heavy atom. The maximum absolute atomic E-state index is 6.42. The van der Waals surface area contributed by atoms with Crippen LogP contribution in [0.5, 0.6) is 5.75 Å². The minimum atomic E-state index is -3.09. The van der Waals surface area contributed by atoms with E-state index in [2.05, 4.69) is 13.8 Å². The summed E-state index contributed by atoms with van der Waals surface area (Å²) in [5, 5.41) is 0. The van der Waals surface area contributed by atoms with Gasteiger partial charge in [0.15, 0.2) is 0 Å². The molecule has 19 heavy (non-hydrogen) atoms. The lowest BCUT2D eigenvalue weighted by Gasteiger charge is -2.23. The van der Waals surface area contributed by atoms with Crippen LogP contribution in [0.25, 0.3) is 0 Å². The van der Waals surface area contributed by atoms with E-state index in [0.29, 0.717) is 19.0 Å². The summed E-state index contributed by atoms with van der Waals surface area (Å²) in [4.78, 5) is 0. The summed E-state index contributed by atoms with van der Waals surface area (Å²) >= 11 is 6.42. The maximum Gasteiger partial charge on any atom is 0.680 e. The average molecular weight is 303 g/mol. The lowest BCUT2D eigenvalue weighted by atomic mass is 10.3. The largest absolute Gasteiger partial charge is 0.680 e. The van der Waals surface area contributed by atoms with Crippen molar-refractivity contribution in [1.29, 1.82) is 0 Å². The molecule has 0 unspecified atom stereocenters. The fourth-order valence-corrected chi connectivity index (χ4v) is 3.53. The molecule has 0 bridgehead atoms. The Labute approximate surface area is 121 Å². The van der Waals surface area contributed by atoms with Gasteiger partial charge in [-0.2, -0.15) is 0 Å². The topological polar surface area (TPSA) is 27.7 Å². The molecule has 108 valence electrons. The van der Waals surface area contributed by atoms with E-state index in [0.717, 1.165) is 25.7 Å². The Kier molecular flexibility index (Phi) is 8.13. The smallest absolute Gasteiger partial charge is 0.490 e. The van der Waals surface area contributed by atoms with E-state index < -0.39 is 8.11 Å². The highest BCUT2D eigenvalue weighted by molar-refractivity contribution is 7.09. The third-order valence-corrected chi connectivity index (χ3v) is 4.99. The fourth-order valence-electron chi connectivity index (χ4n) is 1.41. The Balaban J connectivity index is 2.56. The molecule has 0 aromatic heterocycles. The first-order valence-electron chi connectivity index (χ1n) is 6.91. The van der Waals surface area contributed by atoms with Gasteiger partial charge < -0.3 is 13.3 Å². The Hall–Kier alpha value is -0.553. The van der Waals surface area contributed by atoms with Crippen LogP contribution in [0.2, 0.25) is 0 Å². The molecule has 0 spiro atoms. The Bertz CT molecular complexity index is 325.